The molecular weight excluding hydrogens is 469 g/mol. The molecule has 154 valence electrons. The van der Waals surface area contributed by atoms with Crippen molar-refractivity contribution in [1.82, 2.24) is 30.3 Å². The number of guanidine groups is 1. The van der Waals surface area contributed by atoms with Gasteiger partial charge in [0.1, 0.15) is 12.2 Å². The monoisotopic (exact) mass is 499 g/mol. The molecule has 1 aromatic heterocycles. The Bertz CT molecular complexity index is 756. The predicted octanol–water partition coefficient (Wildman–Crippen LogP) is 1.59. The van der Waals surface area contributed by atoms with Crippen LogP contribution in [0.5, 0.6) is 0 Å². The molecule has 0 aliphatic carbocycles. The van der Waals surface area contributed by atoms with Crippen LogP contribution in [-0.4, -0.2) is 58.7 Å². The lowest BCUT2D eigenvalue weighted by Crippen LogP contribution is -2.43. The highest BCUT2D eigenvalue weighted by atomic mass is 127. The predicted molar refractivity (Wildman–Crippen MR) is 122 cm³/mol. The van der Waals surface area contributed by atoms with Gasteiger partial charge in [-0.15, -0.1) is 34.2 Å². The van der Waals surface area contributed by atoms with Crippen molar-refractivity contribution in [2.75, 3.05) is 27.2 Å². The first kappa shape index (κ1) is 23.9. The van der Waals surface area contributed by atoms with Gasteiger partial charge in [-0.3, -0.25) is 4.79 Å². The molecule has 0 saturated heterocycles. The van der Waals surface area contributed by atoms with E-state index in [1.54, 1.807) is 25.3 Å². The zero-order valence-corrected chi connectivity index (χ0v) is 19.3. The number of nitrogens with one attached hydrogen (secondary N) is 2. The van der Waals surface area contributed by atoms with Gasteiger partial charge < -0.3 is 20.1 Å². The highest BCUT2D eigenvalue weighted by molar-refractivity contribution is 14.0. The largest absolute Gasteiger partial charge is 0.355 e. The molecule has 0 atom stereocenters. The lowest BCUT2D eigenvalue weighted by atomic mass is 10.1. The average molecular weight is 499 g/mol. The Hall–Kier alpha value is -2.17. The number of benzene rings is 1. The van der Waals surface area contributed by atoms with Crippen LogP contribution in [0.4, 0.5) is 0 Å². The number of aromatic nitrogens is 3. The van der Waals surface area contributed by atoms with Crippen molar-refractivity contribution in [3.8, 4) is 0 Å². The third-order valence-corrected chi connectivity index (χ3v) is 4.10. The summed E-state index contributed by atoms with van der Waals surface area (Å²) in [5.41, 5.74) is 2.34. The molecule has 9 heteroatoms. The summed E-state index contributed by atoms with van der Waals surface area (Å²) in [5, 5.41) is 14.4. The highest BCUT2D eigenvalue weighted by Crippen LogP contribution is 2.04. The summed E-state index contributed by atoms with van der Waals surface area (Å²) in [4.78, 5) is 18.0. The number of aryl methyl sites for hydroxylation is 2. The number of amides is 1. The molecule has 0 radical (unpaired) electrons. The molecule has 0 saturated carbocycles. The van der Waals surface area contributed by atoms with Gasteiger partial charge in [0.15, 0.2) is 5.96 Å². The Kier molecular flexibility index (Phi) is 10.5. The summed E-state index contributed by atoms with van der Waals surface area (Å²) < 4.78 is 2.01. The second-order valence-electron chi connectivity index (χ2n) is 6.51. The molecule has 0 spiro atoms. The zero-order chi connectivity index (χ0) is 19.6. The first-order chi connectivity index (χ1) is 13.0. The third-order valence-electron chi connectivity index (χ3n) is 4.10. The van der Waals surface area contributed by atoms with Crippen LogP contribution < -0.4 is 10.6 Å². The Morgan fingerprint density at radius 2 is 1.93 bits per heavy atom. The van der Waals surface area contributed by atoms with Crippen molar-refractivity contribution in [3.05, 3.63) is 47.5 Å². The number of hydrogen-bond acceptors (Lipinski definition) is 4. The van der Waals surface area contributed by atoms with Crippen LogP contribution in [0.25, 0.3) is 0 Å². The summed E-state index contributed by atoms with van der Waals surface area (Å²) >= 11 is 0. The van der Waals surface area contributed by atoms with Gasteiger partial charge in [-0.05, 0) is 12.5 Å². The molecule has 2 N–H and O–H groups in total. The minimum atomic E-state index is -0.00749. The van der Waals surface area contributed by atoms with E-state index in [1.165, 1.54) is 5.56 Å². The molecule has 1 aromatic carbocycles. The molecule has 0 aliphatic heterocycles. The molecule has 8 nitrogen and oxygen atoms in total. The lowest BCUT2D eigenvalue weighted by Gasteiger charge is -2.15. The smallest absolute Gasteiger partial charge is 0.241 e. The van der Waals surface area contributed by atoms with Crippen LogP contribution >= 0.6 is 24.0 Å². The fourth-order valence-corrected chi connectivity index (χ4v) is 2.39. The number of hydrogen-bond donors (Lipinski definition) is 2. The van der Waals surface area contributed by atoms with Crippen LogP contribution in [0.1, 0.15) is 23.9 Å². The van der Waals surface area contributed by atoms with E-state index in [9.17, 15) is 4.79 Å². The second-order valence-corrected chi connectivity index (χ2v) is 6.51. The maximum atomic E-state index is 11.9. The Morgan fingerprint density at radius 3 is 2.57 bits per heavy atom. The van der Waals surface area contributed by atoms with E-state index in [0.29, 0.717) is 19.0 Å². The Labute approximate surface area is 183 Å². The van der Waals surface area contributed by atoms with Crippen molar-refractivity contribution in [1.29, 1.82) is 0 Å². The van der Waals surface area contributed by atoms with Crippen LogP contribution in [0.15, 0.2) is 35.6 Å². The van der Waals surface area contributed by atoms with Gasteiger partial charge in [0.05, 0.1) is 13.1 Å². The summed E-state index contributed by atoms with van der Waals surface area (Å²) in [6.45, 7) is 6.23. The van der Waals surface area contributed by atoms with Gasteiger partial charge in [0.25, 0.3) is 0 Å². The van der Waals surface area contributed by atoms with Crippen molar-refractivity contribution < 1.29 is 4.79 Å². The van der Waals surface area contributed by atoms with E-state index in [1.807, 2.05) is 4.57 Å². The number of nitrogens with zero attached hydrogens (tertiary/aromatic N) is 5. The summed E-state index contributed by atoms with van der Waals surface area (Å²) in [6, 6.07) is 8.26. The van der Waals surface area contributed by atoms with E-state index < -0.39 is 0 Å². The number of carbonyl (C=O) groups excluding carboxylic acids is 1. The molecule has 2 aromatic rings. The second kappa shape index (κ2) is 12.3. The van der Waals surface area contributed by atoms with Gasteiger partial charge in [0, 0.05) is 33.6 Å². The molecule has 2 rings (SSSR count). The SMILES string of the molecule is CCc1nncn1CCNC(=NCc1ccc(C)cc1)NCC(=O)N(C)C.I. The molecular formula is C19H30IN7O. The van der Waals surface area contributed by atoms with Crippen LogP contribution in [-0.2, 0) is 24.3 Å². The first-order valence-corrected chi connectivity index (χ1v) is 9.14. The minimum absolute atomic E-state index is 0. The fraction of sp³-hybridized carbons (Fsp3) is 0.474. The molecule has 0 unspecified atom stereocenters. The van der Waals surface area contributed by atoms with Gasteiger partial charge in [0.2, 0.25) is 5.91 Å². The molecule has 28 heavy (non-hydrogen) atoms. The fourth-order valence-electron chi connectivity index (χ4n) is 2.39. The maximum Gasteiger partial charge on any atom is 0.241 e. The summed E-state index contributed by atoms with van der Waals surface area (Å²) in [7, 11) is 3.47. The summed E-state index contributed by atoms with van der Waals surface area (Å²) in [5.74, 6) is 1.55. The lowest BCUT2D eigenvalue weighted by molar-refractivity contribution is -0.127. The Morgan fingerprint density at radius 1 is 1.21 bits per heavy atom. The molecule has 1 heterocycles. The minimum Gasteiger partial charge on any atom is -0.355 e. The number of carbonyl (C=O) groups is 1. The summed E-state index contributed by atoms with van der Waals surface area (Å²) in [6.07, 6.45) is 2.57. The van der Waals surface area contributed by atoms with Gasteiger partial charge in [-0.25, -0.2) is 4.99 Å². The van der Waals surface area contributed by atoms with Crippen molar-refractivity contribution in [2.24, 2.45) is 4.99 Å². The number of likely N-dealkylation sites (N-methyl/N-ethyl adjacent to an activating group) is 1. The molecule has 0 aliphatic rings. The highest BCUT2D eigenvalue weighted by Gasteiger charge is 2.07. The van der Waals surface area contributed by atoms with Gasteiger partial charge in [-0.2, -0.15) is 0 Å². The zero-order valence-electron chi connectivity index (χ0n) is 17.0. The van der Waals surface area contributed by atoms with Crippen LogP contribution in [0.3, 0.4) is 0 Å². The van der Waals surface area contributed by atoms with Crippen molar-refractivity contribution in [2.45, 2.75) is 33.4 Å². The van der Waals surface area contributed by atoms with E-state index in [0.717, 1.165) is 24.4 Å². The standard InChI is InChI=1S/C19H29N7O.HI/c1-5-17-24-23-14-26(17)11-10-20-19(22-13-18(27)25(3)4)21-12-16-8-6-15(2)7-9-16;/h6-9,14H,5,10-13H2,1-4H3,(H2,20,21,22);1H. The molecule has 0 bridgehead atoms. The quantitative estimate of drug-likeness (QED) is 0.327. The molecule has 0 fully saturated rings. The number of aliphatic imine (C=N–C) groups is 1. The van der Waals surface area contributed by atoms with E-state index >= 15 is 0 Å². The Balaban J connectivity index is 0.00000392. The first-order valence-electron chi connectivity index (χ1n) is 9.14. The van der Waals surface area contributed by atoms with Crippen LogP contribution in [0, 0.1) is 6.92 Å². The van der Waals surface area contributed by atoms with Gasteiger partial charge >= 0.3 is 0 Å². The number of rotatable bonds is 8. The maximum absolute atomic E-state index is 11.9. The van der Waals surface area contributed by atoms with E-state index in [-0.39, 0.29) is 36.4 Å². The average Bonchev–Trinajstić information content (AvgIpc) is 3.11. The van der Waals surface area contributed by atoms with Crippen molar-refractivity contribution in [3.63, 3.8) is 0 Å². The topological polar surface area (TPSA) is 87.4 Å². The number of halogens is 1. The van der Waals surface area contributed by atoms with Gasteiger partial charge in [-0.1, -0.05) is 36.8 Å². The van der Waals surface area contributed by atoms with Crippen LogP contribution in [0.2, 0.25) is 0 Å². The van der Waals surface area contributed by atoms with E-state index in [4.69, 9.17) is 0 Å². The third kappa shape index (κ3) is 7.83. The van der Waals surface area contributed by atoms with Crippen molar-refractivity contribution >= 4 is 35.8 Å². The van der Waals surface area contributed by atoms with E-state index in [2.05, 4.69) is 63.9 Å². The molecule has 1 amide bonds. The normalized spacial score (nSPS) is 10.9.